The summed E-state index contributed by atoms with van der Waals surface area (Å²) in [5.74, 6) is 0.894. The first-order valence-corrected chi connectivity index (χ1v) is 3.90. The molecule has 3 heteroatoms. The Bertz CT molecular complexity index is 216. The van der Waals surface area contributed by atoms with E-state index in [4.69, 9.17) is 0 Å². The summed E-state index contributed by atoms with van der Waals surface area (Å²) in [7, 11) is 0. The quantitative estimate of drug-likeness (QED) is 0.592. The first-order valence-electron chi connectivity index (χ1n) is 3.90. The number of anilines is 1. The van der Waals surface area contributed by atoms with E-state index in [0.29, 0.717) is 0 Å². The summed E-state index contributed by atoms with van der Waals surface area (Å²) in [6.45, 7) is 2.21. The molecule has 1 aromatic rings. The van der Waals surface area contributed by atoms with Gasteiger partial charge in [0.1, 0.15) is 6.20 Å². The molecule has 0 atom stereocenters. The standard InChI is InChI=1S/C8H10N3/c1-2-6-11(5-1)8-7-9-3-4-10-8/h3-4H,1-2,5-6H2. The van der Waals surface area contributed by atoms with E-state index in [0.717, 1.165) is 18.9 Å². The zero-order chi connectivity index (χ0) is 7.52. The zero-order valence-electron chi connectivity index (χ0n) is 6.32. The molecule has 0 N–H and O–H groups in total. The first kappa shape index (κ1) is 6.58. The van der Waals surface area contributed by atoms with Crippen LogP contribution in [-0.2, 0) is 0 Å². The van der Waals surface area contributed by atoms with E-state index in [-0.39, 0.29) is 0 Å². The van der Waals surface area contributed by atoms with Crippen molar-refractivity contribution in [3.05, 3.63) is 18.6 Å². The van der Waals surface area contributed by atoms with E-state index in [1.165, 1.54) is 12.8 Å². The van der Waals surface area contributed by atoms with Gasteiger partial charge in [-0.15, -0.1) is 0 Å². The lowest BCUT2D eigenvalue weighted by Crippen LogP contribution is -2.18. The van der Waals surface area contributed by atoms with Crippen molar-refractivity contribution >= 4 is 5.82 Å². The van der Waals surface area contributed by atoms with Gasteiger partial charge in [0, 0.05) is 25.5 Å². The Hall–Kier alpha value is -1.12. The van der Waals surface area contributed by atoms with Gasteiger partial charge in [-0.3, -0.25) is 0 Å². The van der Waals surface area contributed by atoms with Crippen LogP contribution in [0.3, 0.4) is 0 Å². The second-order valence-electron chi connectivity index (χ2n) is 2.69. The summed E-state index contributed by atoms with van der Waals surface area (Å²) < 4.78 is 0. The summed E-state index contributed by atoms with van der Waals surface area (Å²) >= 11 is 0. The van der Waals surface area contributed by atoms with Gasteiger partial charge in [-0.05, 0) is 12.8 Å². The van der Waals surface area contributed by atoms with Crippen molar-refractivity contribution in [1.29, 1.82) is 0 Å². The summed E-state index contributed by atoms with van der Waals surface area (Å²) in [4.78, 5) is 10.3. The second kappa shape index (κ2) is 2.86. The Morgan fingerprint density at radius 1 is 1.27 bits per heavy atom. The van der Waals surface area contributed by atoms with Gasteiger partial charge in [0.15, 0.2) is 5.82 Å². The van der Waals surface area contributed by atoms with Gasteiger partial charge in [0.05, 0.1) is 0 Å². The molecule has 0 amide bonds. The highest BCUT2D eigenvalue weighted by atomic mass is 15.2. The minimum atomic E-state index is 0.894. The van der Waals surface area contributed by atoms with Crippen LogP contribution in [0, 0.1) is 6.20 Å². The Labute approximate surface area is 66.1 Å². The summed E-state index contributed by atoms with van der Waals surface area (Å²) in [6.07, 6.45) is 8.78. The van der Waals surface area contributed by atoms with Crippen LogP contribution < -0.4 is 4.90 Å². The number of hydrogen-bond donors (Lipinski definition) is 0. The maximum Gasteiger partial charge on any atom is 0.156 e. The number of aromatic nitrogens is 2. The molecule has 1 fully saturated rings. The van der Waals surface area contributed by atoms with E-state index in [2.05, 4.69) is 21.1 Å². The molecule has 0 aromatic carbocycles. The fraction of sp³-hybridized carbons (Fsp3) is 0.500. The van der Waals surface area contributed by atoms with Crippen LogP contribution >= 0.6 is 0 Å². The van der Waals surface area contributed by atoms with Gasteiger partial charge in [0.2, 0.25) is 0 Å². The fourth-order valence-electron chi connectivity index (χ4n) is 1.34. The predicted octanol–water partition coefficient (Wildman–Crippen LogP) is 0.877. The predicted molar refractivity (Wildman–Crippen MR) is 42.3 cm³/mol. The Morgan fingerprint density at radius 2 is 2.09 bits per heavy atom. The number of rotatable bonds is 1. The third kappa shape index (κ3) is 1.31. The van der Waals surface area contributed by atoms with Gasteiger partial charge in [0.25, 0.3) is 0 Å². The van der Waals surface area contributed by atoms with Gasteiger partial charge in [-0.1, -0.05) is 0 Å². The lowest BCUT2D eigenvalue weighted by atomic mass is 10.4. The molecule has 1 aliphatic rings. The van der Waals surface area contributed by atoms with Crippen LogP contribution in [0.5, 0.6) is 0 Å². The molecule has 0 aliphatic carbocycles. The van der Waals surface area contributed by atoms with Crippen LogP contribution in [0.25, 0.3) is 0 Å². The van der Waals surface area contributed by atoms with Crippen molar-refractivity contribution in [2.75, 3.05) is 18.0 Å². The average molecular weight is 148 g/mol. The molecule has 1 aliphatic heterocycles. The first-order chi connectivity index (χ1) is 5.47. The molecular formula is C8H10N3. The van der Waals surface area contributed by atoms with Crippen LogP contribution in [0.15, 0.2) is 12.4 Å². The maximum absolute atomic E-state index is 4.17. The molecule has 0 unspecified atom stereocenters. The van der Waals surface area contributed by atoms with Crippen LogP contribution in [0.2, 0.25) is 0 Å². The van der Waals surface area contributed by atoms with Crippen molar-refractivity contribution in [3.8, 4) is 0 Å². The highest BCUT2D eigenvalue weighted by Gasteiger charge is 2.12. The van der Waals surface area contributed by atoms with Gasteiger partial charge >= 0.3 is 0 Å². The summed E-state index contributed by atoms with van der Waals surface area (Å²) in [5, 5.41) is 0. The fourth-order valence-corrected chi connectivity index (χ4v) is 1.34. The maximum atomic E-state index is 4.17. The monoisotopic (exact) mass is 148 g/mol. The van der Waals surface area contributed by atoms with E-state index < -0.39 is 0 Å². The third-order valence-corrected chi connectivity index (χ3v) is 1.91. The minimum Gasteiger partial charge on any atom is -0.355 e. The van der Waals surface area contributed by atoms with Crippen LogP contribution in [-0.4, -0.2) is 23.1 Å². The zero-order valence-corrected chi connectivity index (χ0v) is 6.32. The number of hydrogen-bond acceptors (Lipinski definition) is 3. The molecule has 3 nitrogen and oxygen atoms in total. The normalized spacial score (nSPS) is 17.3. The molecule has 1 aromatic heterocycles. The Balaban J connectivity index is 2.16. The van der Waals surface area contributed by atoms with Gasteiger partial charge in [-0.2, -0.15) is 0 Å². The molecular weight excluding hydrogens is 138 g/mol. The highest BCUT2D eigenvalue weighted by molar-refractivity contribution is 5.34. The molecule has 11 heavy (non-hydrogen) atoms. The van der Waals surface area contributed by atoms with E-state index in [1.54, 1.807) is 12.4 Å². The molecule has 2 heterocycles. The molecule has 0 saturated carbocycles. The van der Waals surface area contributed by atoms with Crippen molar-refractivity contribution in [2.24, 2.45) is 0 Å². The molecule has 1 radical (unpaired) electrons. The minimum absolute atomic E-state index is 0.894. The van der Waals surface area contributed by atoms with Gasteiger partial charge in [-0.25, -0.2) is 9.97 Å². The molecule has 57 valence electrons. The smallest absolute Gasteiger partial charge is 0.156 e. The van der Waals surface area contributed by atoms with Crippen LogP contribution in [0.4, 0.5) is 5.82 Å². The lowest BCUT2D eigenvalue weighted by Gasteiger charge is -2.13. The van der Waals surface area contributed by atoms with Crippen molar-refractivity contribution < 1.29 is 0 Å². The topological polar surface area (TPSA) is 29.0 Å². The molecule has 0 bridgehead atoms. The largest absolute Gasteiger partial charge is 0.355 e. The van der Waals surface area contributed by atoms with Crippen molar-refractivity contribution in [2.45, 2.75) is 12.8 Å². The summed E-state index contributed by atoms with van der Waals surface area (Å²) in [6, 6.07) is 0. The number of nitrogens with zero attached hydrogens (tertiary/aromatic N) is 3. The van der Waals surface area contributed by atoms with E-state index in [9.17, 15) is 0 Å². The molecule has 1 saturated heterocycles. The summed E-state index contributed by atoms with van der Waals surface area (Å²) in [5.41, 5.74) is 0. The third-order valence-electron chi connectivity index (χ3n) is 1.91. The molecule has 2 rings (SSSR count). The van der Waals surface area contributed by atoms with Crippen LogP contribution in [0.1, 0.15) is 12.8 Å². The van der Waals surface area contributed by atoms with E-state index in [1.807, 2.05) is 0 Å². The Kier molecular flexibility index (Phi) is 1.71. The highest BCUT2D eigenvalue weighted by Crippen LogP contribution is 2.14. The second-order valence-corrected chi connectivity index (χ2v) is 2.69. The molecule has 0 spiro atoms. The lowest BCUT2D eigenvalue weighted by molar-refractivity contribution is 0.924. The van der Waals surface area contributed by atoms with E-state index >= 15 is 0 Å². The van der Waals surface area contributed by atoms with Gasteiger partial charge < -0.3 is 4.90 Å². The van der Waals surface area contributed by atoms with Crippen molar-refractivity contribution in [3.63, 3.8) is 0 Å². The SMILES string of the molecule is [c]1nccnc1N1CCCC1. The Morgan fingerprint density at radius 3 is 2.73 bits per heavy atom. The van der Waals surface area contributed by atoms with Crippen molar-refractivity contribution in [1.82, 2.24) is 9.97 Å². The average Bonchev–Trinajstić information content (AvgIpc) is 2.58.